The van der Waals surface area contributed by atoms with Gasteiger partial charge in [-0.15, -0.1) is 0 Å². The maximum Gasteiger partial charge on any atom is 0.451 e. The molecule has 0 N–H and O–H groups in total. The van der Waals surface area contributed by atoms with Gasteiger partial charge in [-0.1, -0.05) is 35.9 Å². The van der Waals surface area contributed by atoms with Crippen molar-refractivity contribution in [1.82, 2.24) is 19.9 Å². The highest BCUT2D eigenvalue weighted by Gasteiger charge is 2.35. The van der Waals surface area contributed by atoms with Gasteiger partial charge in [-0.2, -0.15) is 13.2 Å². The Morgan fingerprint density at radius 2 is 1.79 bits per heavy atom. The first kappa shape index (κ1) is 18.6. The van der Waals surface area contributed by atoms with Gasteiger partial charge >= 0.3 is 6.18 Å². The molecule has 0 aliphatic carbocycles. The highest BCUT2D eigenvalue weighted by Crippen LogP contribution is 2.28. The van der Waals surface area contributed by atoms with E-state index in [1.807, 2.05) is 37.4 Å². The van der Waals surface area contributed by atoms with Gasteiger partial charge in [0.2, 0.25) is 5.82 Å². The van der Waals surface area contributed by atoms with Crippen LogP contribution in [0, 0.1) is 6.92 Å². The minimum absolute atomic E-state index is 0.482. The van der Waals surface area contributed by atoms with E-state index in [2.05, 4.69) is 32.0 Å². The van der Waals surface area contributed by atoms with E-state index in [1.165, 1.54) is 11.8 Å². The number of fused-ring (bicyclic) bond motifs is 1. The van der Waals surface area contributed by atoms with Crippen LogP contribution in [0.2, 0.25) is 0 Å². The molecular formula is C21H19F3N4. The Labute approximate surface area is 161 Å². The van der Waals surface area contributed by atoms with Crippen molar-refractivity contribution in [2.24, 2.45) is 0 Å². The molecule has 1 aliphatic heterocycles. The van der Waals surface area contributed by atoms with Gasteiger partial charge in [-0.3, -0.25) is 9.88 Å². The average molecular weight is 384 g/mol. The van der Waals surface area contributed by atoms with Crippen LogP contribution in [0.4, 0.5) is 13.2 Å². The van der Waals surface area contributed by atoms with Gasteiger partial charge in [0.1, 0.15) is 0 Å². The molecule has 3 aromatic rings. The third-order valence-electron chi connectivity index (χ3n) is 4.84. The summed E-state index contributed by atoms with van der Waals surface area (Å²) in [6.45, 7) is 3.92. The summed E-state index contributed by atoms with van der Waals surface area (Å²) in [6.07, 6.45) is -0.864. The van der Waals surface area contributed by atoms with Crippen molar-refractivity contribution in [1.29, 1.82) is 0 Å². The smallest absolute Gasteiger partial charge is 0.294 e. The maximum atomic E-state index is 12.8. The molecule has 7 heteroatoms. The lowest BCUT2D eigenvalue weighted by Crippen LogP contribution is -2.31. The number of hydrogen-bond donors (Lipinski definition) is 0. The normalized spacial score (nSPS) is 14.7. The predicted octanol–water partition coefficient (Wildman–Crippen LogP) is 4.42. The largest absolute Gasteiger partial charge is 0.451 e. The number of halogens is 3. The Morgan fingerprint density at radius 3 is 2.46 bits per heavy atom. The fourth-order valence-electron chi connectivity index (χ4n) is 3.32. The molecule has 3 heterocycles. The molecule has 0 bridgehead atoms. The predicted molar refractivity (Wildman–Crippen MR) is 99.3 cm³/mol. The molecule has 0 atom stereocenters. The van der Waals surface area contributed by atoms with Crippen LogP contribution in [0.15, 0.2) is 48.8 Å². The van der Waals surface area contributed by atoms with Crippen LogP contribution in [0.1, 0.15) is 28.2 Å². The van der Waals surface area contributed by atoms with E-state index in [0.717, 1.165) is 22.4 Å². The standard InChI is InChI=1S/C21H19F3N4/c1-14-2-5-16(6-3-14)18-7-4-15(10-25-18)12-28-9-8-19-17(13-28)11-26-20(27-19)21(22,23)24/h2-7,10-11H,8-9,12-13H2,1H3. The molecule has 0 amide bonds. The lowest BCUT2D eigenvalue weighted by molar-refractivity contribution is -0.145. The molecule has 0 unspecified atom stereocenters. The van der Waals surface area contributed by atoms with Gasteiger partial charge in [0.25, 0.3) is 0 Å². The zero-order valence-corrected chi connectivity index (χ0v) is 15.4. The van der Waals surface area contributed by atoms with Crippen LogP contribution in [0.5, 0.6) is 0 Å². The zero-order chi connectivity index (χ0) is 19.7. The Balaban J connectivity index is 1.43. The molecule has 0 fully saturated rings. The second-order valence-corrected chi connectivity index (χ2v) is 7.04. The summed E-state index contributed by atoms with van der Waals surface area (Å²) in [4.78, 5) is 13.9. The monoisotopic (exact) mass is 384 g/mol. The molecule has 2 aromatic heterocycles. The van der Waals surface area contributed by atoms with Crippen molar-refractivity contribution in [3.8, 4) is 11.3 Å². The van der Waals surface area contributed by atoms with Crippen LogP contribution in [0.3, 0.4) is 0 Å². The Morgan fingerprint density at radius 1 is 1.00 bits per heavy atom. The van der Waals surface area contributed by atoms with Crippen molar-refractivity contribution < 1.29 is 13.2 Å². The second-order valence-electron chi connectivity index (χ2n) is 7.04. The number of benzene rings is 1. The Hall–Kier alpha value is -2.80. The number of pyridine rings is 1. The lowest BCUT2D eigenvalue weighted by Gasteiger charge is -2.28. The first-order valence-electron chi connectivity index (χ1n) is 9.05. The third-order valence-corrected chi connectivity index (χ3v) is 4.84. The van der Waals surface area contributed by atoms with Crippen molar-refractivity contribution >= 4 is 0 Å². The van der Waals surface area contributed by atoms with E-state index in [4.69, 9.17) is 0 Å². The van der Waals surface area contributed by atoms with E-state index in [0.29, 0.717) is 31.7 Å². The number of nitrogens with zero attached hydrogens (tertiary/aromatic N) is 4. The minimum Gasteiger partial charge on any atom is -0.294 e. The van der Waals surface area contributed by atoms with Crippen LogP contribution >= 0.6 is 0 Å². The average Bonchev–Trinajstić information content (AvgIpc) is 2.68. The van der Waals surface area contributed by atoms with E-state index in [-0.39, 0.29) is 0 Å². The first-order chi connectivity index (χ1) is 13.4. The van der Waals surface area contributed by atoms with Crippen LogP contribution < -0.4 is 0 Å². The number of rotatable bonds is 3. The molecule has 28 heavy (non-hydrogen) atoms. The molecular weight excluding hydrogens is 365 g/mol. The number of hydrogen-bond acceptors (Lipinski definition) is 4. The van der Waals surface area contributed by atoms with Crippen molar-refractivity contribution in [2.45, 2.75) is 32.6 Å². The lowest BCUT2D eigenvalue weighted by atomic mass is 10.1. The van der Waals surface area contributed by atoms with Gasteiger partial charge in [0, 0.05) is 49.6 Å². The quantitative estimate of drug-likeness (QED) is 0.670. The van der Waals surface area contributed by atoms with E-state index in [9.17, 15) is 13.2 Å². The Kier molecular flexibility index (Phi) is 4.85. The van der Waals surface area contributed by atoms with E-state index < -0.39 is 12.0 Å². The molecule has 0 saturated heterocycles. The number of aryl methyl sites for hydroxylation is 1. The Bertz CT molecular complexity index is 966. The van der Waals surface area contributed by atoms with E-state index >= 15 is 0 Å². The summed E-state index contributed by atoms with van der Waals surface area (Å²) >= 11 is 0. The van der Waals surface area contributed by atoms with Gasteiger partial charge in [-0.25, -0.2) is 9.97 Å². The second kappa shape index (κ2) is 7.31. The molecule has 4 rings (SSSR count). The van der Waals surface area contributed by atoms with Gasteiger partial charge in [-0.05, 0) is 18.6 Å². The maximum absolute atomic E-state index is 12.8. The molecule has 0 saturated carbocycles. The zero-order valence-electron chi connectivity index (χ0n) is 15.4. The molecule has 0 spiro atoms. The van der Waals surface area contributed by atoms with Crippen LogP contribution in [-0.2, 0) is 25.7 Å². The molecule has 1 aromatic carbocycles. The number of alkyl halides is 3. The minimum atomic E-state index is -4.50. The molecule has 0 radical (unpaired) electrons. The summed E-state index contributed by atoms with van der Waals surface area (Å²) in [5, 5.41) is 0. The van der Waals surface area contributed by atoms with Gasteiger partial charge in [0.15, 0.2) is 0 Å². The van der Waals surface area contributed by atoms with Crippen molar-refractivity contribution in [3.63, 3.8) is 0 Å². The van der Waals surface area contributed by atoms with Crippen LogP contribution in [0.25, 0.3) is 11.3 Å². The summed E-state index contributed by atoms with van der Waals surface area (Å²) in [7, 11) is 0. The summed E-state index contributed by atoms with van der Waals surface area (Å²) in [6, 6.07) is 12.3. The van der Waals surface area contributed by atoms with Crippen LogP contribution in [-0.4, -0.2) is 26.4 Å². The van der Waals surface area contributed by atoms with E-state index in [1.54, 1.807) is 0 Å². The fraction of sp³-hybridized carbons (Fsp3) is 0.286. The van der Waals surface area contributed by atoms with Crippen molar-refractivity contribution in [2.75, 3.05) is 6.54 Å². The fourth-order valence-corrected chi connectivity index (χ4v) is 3.32. The highest BCUT2D eigenvalue weighted by molar-refractivity contribution is 5.59. The topological polar surface area (TPSA) is 41.9 Å². The first-order valence-corrected chi connectivity index (χ1v) is 9.05. The number of aromatic nitrogens is 3. The SMILES string of the molecule is Cc1ccc(-c2ccc(CN3CCc4nc(C(F)(F)F)ncc4C3)cn2)cc1. The molecule has 144 valence electrons. The molecule has 1 aliphatic rings. The third kappa shape index (κ3) is 4.04. The summed E-state index contributed by atoms with van der Waals surface area (Å²) < 4.78 is 38.3. The molecule has 4 nitrogen and oxygen atoms in total. The van der Waals surface area contributed by atoms with Crippen molar-refractivity contribution in [3.05, 3.63) is 77.0 Å². The van der Waals surface area contributed by atoms with Gasteiger partial charge < -0.3 is 0 Å². The summed E-state index contributed by atoms with van der Waals surface area (Å²) in [5.41, 5.74) is 5.50. The summed E-state index contributed by atoms with van der Waals surface area (Å²) in [5.74, 6) is -1.06. The van der Waals surface area contributed by atoms with Gasteiger partial charge in [0.05, 0.1) is 11.4 Å². The highest BCUT2D eigenvalue weighted by atomic mass is 19.4.